The Morgan fingerprint density at radius 3 is 2.44 bits per heavy atom. The first kappa shape index (κ1) is 24.3. The summed E-state index contributed by atoms with van der Waals surface area (Å²) in [5.74, 6) is 1.59. The molecule has 2 N–H and O–H groups in total. The quantitative estimate of drug-likeness (QED) is 0.553. The predicted molar refractivity (Wildman–Crippen MR) is 127 cm³/mol. The standard InChI is InChI=1S/C24H35N5O2S/c1-17(2)16-29-22(10-9-21(25)30)26-27-24(29)32-18(3)23(31)28-13-11-20(12-14-28)15-19-7-5-4-6-8-19/h4-8,17-18,20H,9-16H2,1-3H3,(H2,25,30)/t18-/m1/s1. The van der Waals surface area contributed by atoms with Crippen LogP contribution < -0.4 is 5.73 Å². The normalized spacial score (nSPS) is 15.8. The van der Waals surface area contributed by atoms with Gasteiger partial charge in [-0.2, -0.15) is 0 Å². The van der Waals surface area contributed by atoms with Gasteiger partial charge < -0.3 is 15.2 Å². The van der Waals surface area contributed by atoms with Gasteiger partial charge in [0.25, 0.3) is 0 Å². The molecule has 1 aromatic carbocycles. The average molecular weight is 458 g/mol. The summed E-state index contributed by atoms with van der Waals surface area (Å²) in [4.78, 5) is 26.3. The SMILES string of the molecule is CC(C)Cn1c(CCC(N)=O)nnc1S[C@H](C)C(=O)N1CCC(Cc2ccccc2)CC1. The molecule has 2 heterocycles. The van der Waals surface area contributed by atoms with E-state index in [1.54, 1.807) is 0 Å². The predicted octanol–water partition coefficient (Wildman–Crippen LogP) is 3.31. The van der Waals surface area contributed by atoms with E-state index in [9.17, 15) is 9.59 Å². The van der Waals surface area contributed by atoms with Crippen molar-refractivity contribution in [2.45, 2.75) is 69.8 Å². The minimum atomic E-state index is -0.350. The fourth-order valence-electron chi connectivity index (χ4n) is 4.15. The second-order valence-corrected chi connectivity index (χ2v) is 10.4. The number of amides is 2. The summed E-state index contributed by atoms with van der Waals surface area (Å²) in [6.07, 6.45) is 3.87. The molecule has 8 heteroatoms. The molecule has 7 nitrogen and oxygen atoms in total. The molecule has 174 valence electrons. The lowest BCUT2D eigenvalue weighted by molar-refractivity contribution is -0.131. The van der Waals surface area contributed by atoms with Crippen LogP contribution in [0.2, 0.25) is 0 Å². The van der Waals surface area contributed by atoms with Gasteiger partial charge in [0.1, 0.15) is 5.82 Å². The Kier molecular flexibility index (Phi) is 8.73. The third-order valence-electron chi connectivity index (χ3n) is 5.86. The summed E-state index contributed by atoms with van der Waals surface area (Å²) in [5, 5.41) is 9.10. The highest BCUT2D eigenvalue weighted by atomic mass is 32.2. The third-order valence-corrected chi connectivity index (χ3v) is 6.93. The van der Waals surface area contributed by atoms with Crippen LogP contribution in [-0.4, -0.2) is 49.8 Å². The number of thioether (sulfide) groups is 1. The largest absolute Gasteiger partial charge is 0.370 e. The Morgan fingerprint density at radius 1 is 1.12 bits per heavy atom. The Balaban J connectivity index is 1.56. The van der Waals surface area contributed by atoms with Crippen molar-refractivity contribution < 1.29 is 9.59 Å². The second-order valence-electron chi connectivity index (χ2n) is 9.09. The smallest absolute Gasteiger partial charge is 0.235 e. The maximum absolute atomic E-state index is 13.1. The van der Waals surface area contributed by atoms with Crippen molar-refractivity contribution in [1.29, 1.82) is 0 Å². The van der Waals surface area contributed by atoms with E-state index in [1.165, 1.54) is 17.3 Å². The molecule has 1 aliphatic rings. The molecule has 1 saturated heterocycles. The molecule has 1 aliphatic heterocycles. The maximum Gasteiger partial charge on any atom is 0.235 e. The molecule has 1 fully saturated rings. The van der Waals surface area contributed by atoms with E-state index in [4.69, 9.17) is 5.73 Å². The van der Waals surface area contributed by atoms with Crippen molar-refractivity contribution in [3.05, 3.63) is 41.7 Å². The number of aromatic nitrogens is 3. The molecule has 1 atom stereocenters. The van der Waals surface area contributed by atoms with Crippen molar-refractivity contribution in [3.8, 4) is 0 Å². The van der Waals surface area contributed by atoms with Gasteiger partial charge in [0, 0.05) is 32.5 Å². The number of nitrogens with two attached hydrogens (primary N) is 1. The number of hydrogen-bond acceptors (Lipinski definition) is 5. The van der Waals surface area contributed by atoms with Gasteiger partial charge in [0.05, 0.1) is 5.25 Å². The lowest BCUT2D eigenvalue weighted by atomic mass is 9.90. The number of benzene rings is 1. The molecule has 3 rings (SSSR count). The zero-order chi connectivity index (χ0) is 23.1. The Morgan fingerprint density at radius 2 is 1.81 bits per heavy atom. The molecule has 2 amide bonds. The molecule has 0 spiro atoms. The number of rotatable bonds is 10. The average Bonchev–Trinajstić information content (AvgIpc) is 3.13. The van der Waals surface area contributed by atoms with Crippen LogP contribution in [0.25, 0.3) is 0 Å². The summed E-state index contributed by atoms with van der Waals surface area (Å²) < 4.78 is 2.04. The molecule has 1 aromatic heterocycles. The van der Waals surface area contributed by atoms with Crippen LogP contribution in [0.3, 0.4) is 0 Å². The van der Waals surface area contributed by atoms with Crippen molar-refractivity contribution >= 4 is 23.6 Å². The number of aryl methyl sites for hydroxylation is 1. The molecular formula is C24H35N5O2S. The van der Waals surface area contributed by atoms with E-state index in [2.05, 4.69) is 48.3 Å². The number of nitrogens with zero attached hydrogens (tertiary/aromatic N) is 4. The maximum atomic E-state index is 13.1. The Hall–Kier alpha value is -2.35. The summed E-state index contributed by atoms with van der Waals surface area (Å²) in [5.41, 5.74) is 6.68. The lowest BCUT2D eigenvalue weighted by Gasteiger charge is -2.33. The fourth-order valence-corrected chi connectivity index (χ4v) is 5.11. The highest BCUT2D eigenvalue weighted by Gasteiger charge is 2.28. The Bertz CT molecular complexity index is 891. The highest BCUT2D eigenvalue weighted by molar-refractivity contribution is 8.00. The second kappa shape index (κ2) is 11.5. The van der Waals surface area contributed by atoms with E-state index < -0.39 is 0 Å². The van der Waals surface area contributed by atoms with Gasteiger partial charge in [0.2, 0.25) is 11.8 Å². The molecule has 0 saturated carbocycles. The van der Waals surface area contributed by atoms with Crippen LogP contribution in [-0.2, 0) is 29.0 Å². The van der Waals surface area contributed by atoms with Gasteiger partial charge in [-0.1, -0.05) is 55.9 Å². The van der Waals surface area contributed by atoms with Gasteiger partial charge in [-0.3, -0.25) is 9.59 Å². The molecule has 0 radical (unpaired) electrons. The summed E-state index contributed by atoms with van der Waals surface area (Å²) in [6, 6.07) is 10.6. The lowest BCUT2D eigenvalue weighted by Crippen LogP contribution is -2.42. The number of piperidine rings is 1. The van der Waals surface area contributed by atoms with E-state index in [1.807, 2.05) is 22.5 Å². The van der Waals surface area contributed by atoms with Gasteiger partial charge in [-0.05, 0) is 43.6 Å². The number of hydrogen-bond donors (Lipinski definition) is 1. The van der Waals surface area contributed by atoms with E-state index >= 15 is 0 Å². The van der Waals surface area contributed by atoms with Crippen LogP contribution in [0.4, 0.5) is 0 Å². The molecule has 0 unspecified atom stereocenters. The van der Waals surface area contributed by atoms with Gasteiger partial charge >= 0.3 is 0 Å². The summed E-state index contributed by atoms with van der Waals surface area (Å²) >= 11 is 1.45. The van der Waals surface area contributed by atoms with E-state index in [0.29, 0.717) is 18.3 Å². The first-order valence-corrected chi connectivity index (χ1v) is 12.4. The van der Waals surface area contributed by atoms with Crippen molar-refractivity contribution in [2.75, 3.05) is 13.1 Å². The third kappa shape index (κ3) is 6.82. The van der Waals surface area contributed by atoms with Crippen LogP contribution in [0, 0.1) is 11.8 Å². The molecule has 32 heavy (non-hydrogen) atoms. The number of primary amides is 1. The zero-order valence-electron chi connectivity index (χ0n) is 19.4. The molecule has 0 bridgehead atoms. The number of carbonyl (C=O) groups is 2. The topological polar surface area (TPSA) is 94.1 Å². The van der Waals surface area contributed by atoms with Crippen LogP contribution in [0.15, 0.2) is 35.5 Å². The summed E-state index contributed by atoms with van der Waals surface area (Å²) in [6.45, 7) is 8.56. The fraction of sp³-hybridized carbons (Fsp3) is 0.583. The van der Waals surface area contributed by atoms with Gasteiger partial charge in [0.15, 0.2) is 5.16 Å². The minimum Gasteiger partial charge on any atom is -0.370 e. The number of likely N-dealkylation sites (tertiary alicyclic amines) is 1. The van der Waals surface area contributed by atoms with Gasteiger partial charge in [-0.25, -0.2) is 0 Å². The van der Waals surface area contributed by atoms with Crippen molar-refractivity contribution in [1.82, 2.24) is 19.7 Å². The van der Waals surface area contributed by atoms with E-state index in [-0.39, 0.29) is 23.5 Å². The molecule has 0 aliphatic carbocycles. The highest BCUT2D eigenvalue weighted by Crippen LogP contribution is 2.28. The monoisotopic (exact) mass is 457 g/mol. The first-order valence-electron chi connectivity index (χ1n) is 11.5. The van der Waals surface area contributed by atoms with E-state index in [0.717, 1.165) is 49.9 Å². The molecule has 2 aromatic rings. The Labute approximate surface area is 195 Å². The number of carbonyl (C=O) groups excluding carboxylic acids is 2. The van der Waals surface area contributed by atoms with Crippen LogP contribution in [0.1, 0.15) is 51.4 Å². The van der Waals surface area contributed by atoms with Gasteiger partial charge in [-0.15, -0.1) is 10.2 Å². The zero-order valence-corrected chi connectivity index (χ0v) is 20.2. The van der Waals surface area contributed by atoms with Crippen LogP contribution in [0.5, 0.6) is 0 Å². The van der Waals surface area contributed by atoms with Crippen molar-refractivity contribution in [2.24, 2.45) is 17.6 Å². The van der Waals surface area contributed by atoms with Crippen LogP contribution >= 0.6 is 11.8 Å². The summed E-state index contributed by atoms with van der Waals surface area (Å²) in [7, 11) is 0. The van der Waals surface area contributed by atoms with Crippen molar-refractivity contribution in [3.63, 3.8) is 0 Å². The first-order chi connectivity index (χ1) is 15.3. The minimum absolute atomic E-state index is 0.158. The molecular weight excluding hydrogens is 422 g/mol.